The van der Waals surface area contributed by atoms with Crippen molar-refractivity contribution in [2.24, 2.45) is 0 Å². The van der Waals surface area contributed by atoms with E-state index in [1.807, 2.05) is 93.5 Å². The van der Waals surface area contributed by atoms with Gasteiger partial charge in [0.15, 0.2) is 6.61 Å². The van der Waals surface area contributed by atoms with Crippen molar-refractivity contribution >= 4 is 71.4 Å². The summed E-state index contributed by atoms with van der Waals surface area (Å²) < 4.78 is 6.61. The minimum atomic E-state index is -0.659. The lowest BCUT2D eigenvalue weighted by Crippen LogP contribution is -2.56. The van der Waals surface area contributed by atoms with E-state index in [9.17, 15) is 24.3 Å². The maximum absolute atomic E-state index is 13.3. The normalized spacial score (nSPS) is 10.6. The van der Waals surface area contributed by atoms with E-state index >= 15 is 0 Å². The molecule has 12 nitrogen and oxygen atoms in total. The van der Waals surface area contributed by atoms with E-state index in [-0.39, 0.29) is 24.2 Å². The number of nitrogens with zero attached hydrogens (tertiary/aromatic N) is 4. The number of alkyl halides is 1. The standard InChI is InChI=1S/C23H26BrN3O3.C21H25BrN2O3.C2H2BrN/c1-14-11-15(2)13-17(12-14)22(29)27(23(4,5)6)26-21(28)18-7-8-19(24)20(16(18)3)30-10-9-25;1-12-9-13(2)11-15(10-12)20(27)24(21(4,5)6)23-19(26)16-7-8-17(22)18(25)14(16)3;3-1-2-4/h7-8,11-13H,10H2,1-6H3,(H,26,28);7-11,25H,1-6H3,(H,23,26);1H2. The molecule has 0 saturated carbocycles. The molecule has 0 aromatic heterocycles. The predicted molar refractivity (Wildman–Crippen MR) is 249 cm³/mol. The highest BCUT2D eigenvalue weighted by Gasteiger charge is 2.32. The van der Waals surface area contributed by atoms with Crippen LogP contribution in [0.3, 0.4) is 0 Å². The number of hydrazine groups is 2. The molecule has 0 aliphatic carbocycles. The summed E-state index contributed by atoms with van der Waals surface area (Å²) in [6, 6.07) is 21.5. The van der Waals surface area contributed by atoms with E-state index in [0.717, 1.165) is 22.3 Å². The Morgan fingerprint density at radius 2 is 1.00 bits per heavy atom. The molecular weight excluding hydrogens is 972 g/mol. The van der Waals surface area contributed by atoms with Gasteiger partial charge in [0.2, 0.25) is 0 Å². The smallest absolute Gasteiger partial charge is 0.272 e. The van der Waals surface area contributed by atoms with Gasteiger partial charge in [0.1, 0.15) is 17.6 Å². The van der Waals surface area contributed by atoms with Crippen molar-refractivity contribution in [3.63, 3.8) is 0 Å². The Bertz CT molecular complexity index is 2320. The molecule has 4 amide bonds. The van der Waals surface area contributed by atoms with E-state index in [1.54, 1.807) is 62.4 Å². The summed E-state index contributed by atoms with van der Waals surface area (Å²) in [4.78, 5) is 52.3. The number of aromatic hydroxyl groups is 1. The molecule has 61 heavy (non-hydrogen) atoms. The highest BCUT2D eigenvalue weighted by molar-refractivity contribution is 9.11. The van der Waals surface area contributed by atoms with Crippen molar-refractivity contribution in [1.29, 1.82) is 10.5 Å². The third kappa shape index (κ3) is 14.7. The van der Waals surface area contributed by atoms with Crippen LogP contribution in [0.2, 0.25) is 0 Å². The molecule has 15 heteroatoms. The first kappa shape index (κ1) is 51.9. The monoisotopic (exact) mass is 1020 g/mol. The predicted octanol–water partition coefficient (Wildman–Crippen LogP) is 10.4. The number of carbonyl (C=O) groups excluding carboxylic acids is 4. The number of phenols is 1. The molecule has 324 valence electrons. The molecule has 0 fully saturated rings. The van der Waals surface area contributed by atoms with Crippen LogP contribution >= 0.6 is 47.8 Å². The first-order valence-electron chi connectivity index (χ1n) is 19.0. The fourth-order valence-corrected chi connectivity index (χ4v) is 6.90. The molecule has 0 aliphatic heterocycles. The lowest BCUT2D eigenvalue weighted by molar-refractivity contribution is 0.0356. The summed E-state index contributed by atoms with van der Waals surface area (Å²) in [6.07, 6.45) is 0. The molecule has 4 aromatic rings. The average molecular weight is 1030 g/mol. The van der Waals surface area contributed by atoms with Gasteiger partial charge in [-0.1, -0.05) is 50.3 Å². The second-order valence-electron chi connectivity index (χ2n) is 16.1. The van der Waals surface area contributed by atoms with Gasteiger partial charge in [-0.2, -0.15) is 10.5 Å². The van der Waals surface area contributed by atoms with Gasteiger partial charge >= 0.3 is 0 Å². The Labute approximate surface area is 384 Å². The van der Waals surface area contributed by atoms with Gasteiger partial charge in [-0.25, -0.2) is 10.0 Å². The number of carbonyl (C=O) groups is 4. The molecule has 3 N–H and O–H groups in total. The van der Waals surface area contributed by atoms with Crippen molar-refractivity contribution in [2.45, 2.75) is 94.2 Å². The summed E-state index contributed by atoms with van der Waals surface area (Å²) in [5.41, 5.74) is 10.8. The van der Waals surface area contributed by atoms with Gasteiger partial charge in [-0.05, 0) is 163 Å². The van der Waals surface area contributed by atoms with E-state index < -0.39 is 22.9 Å². The van der Waals surface area contributed by atoms with Crippen LogP contribution in [0.1, 0.15) is 116 Å². The van der Waals surface area contributed by atoms with Crippen molar-refractivity contribution in [1.82, 2.24) is 20.9 Å². The highest BCUT2D eigenvalue weighted by atomic mass is 79.9. The molecule has 4 rings (SSSR count). The number of hydrogen-bond donors (Lipinski definition) is 3. The summed E-state index contributed by atoms with van der Waals surface area (Å²) in [6.45, 7) is 22.1. The van der Waals surface area contributed by atoms with Crippen molar-refractivity contribution in [3.8, 4) is 23.6 Å². The van der Waals surface area contributed by atoms with Crippen LogP contribution in [-0.2, 0) is 0 Å². The fraction of sp³-hybridized carbons (Fsp3) is 0.348. The van der Waals surface area contributed by atoms with Crippen molar-refractivity contribution < 1.29 is 29.0 Å². The Morgan fingerprint density at radius 1 is 0.639 bits per heavy atom. The van der Waals surface area contributed by atoms with Crippen LogP contribution in [0.25, 0.3) is 0 Å². The Hall–Kier alpha value is -5.22. The van der Waals surface area contributed by atoms with Crippen LogP contribution in [0.4, 0.5) is 0 Å². The molecule has 0 atom stereocenters. The maximum atomic E-state index is 13.3. The van der Waals surface area contributed by atoms with E-state index in [1.165, 1.54) is 10.0 Å². The van der Waals surface area contributed by atoms with Crippen molar-refractivity contribution in [3.05, 3.63) is 125 Å². The number of hydrogen-bond acceptors (Lipinski definition) is 8. The number of ether oxygens (including phenoxy) is 1. The number of rotatable bonds is 6. The summed E-state index contributed by atoms with van der Waals surface area (Å²) in [5.74, 6) is -1.05. The molecule has 0 aliphatic rings. The summed E-state index contributed by atoms with van der Waals surface area (Å²) >= 11 is 9.50. The second-order valence-corrected chi connectivity index (χ2v) is 18.4. The van der Waals surface area contributed by atoms with Crippen LogP contribution < -0.4 is 15.6 Å². The zero-order chi connectivity index (χ0) is 46.6. The van der Waals surface area contributed by atoms with Crippen LogP contribution in [0.15, 0.2) is 69.6 Å². The molecule has 0 spiro atoms. The zero-order valence-corrected chi connectivity index (χ0v) is 41.4. The van der Waals surface area contributed by atoms with Crippen LogP contribution in [-0.4, -0.2) is 61.8 Å². The van der Waals surface area contributed by atoms with E-state index in [4.69, 9.17) is 15.3 Å². The molecule has 0 radical (unpaired) electrons. The molecule has 0 saturated heterocycles. The van der Waals surface area contributed by atoms with Gasteiger partial charge in [0, 0.05) is 33.4 Å². The van der Waals surface area contributed by atoms with Gasteiger partial charge in [0.25, 0.3) is 23.6 Å². The quantitative estimate of drug-likeness (QED) is 0.126. The Balaban J connectivity index is 0.000000388. The third-order valence-corrected chi connectivity index (χ3v) is 10.2. The molecule has 0 bridgehead atoms. The van der Waals surface area contributed by atoms with Gasteiger partial charge in [-0.3, -0.25) is 30.0 Å². The highest BCUT2D eigenvalue weighted by Crippen LogP contribution is 2.32. The zero-order valence-electron chi connectivity index (χ0n) is 36.6. The molecule has 0 unspecified atom stereocenters. The first-order valence-corrected chi connectivity index (χ1v) is 21.7. The summed E-state index contributed by atoms with van der Waals surface area (Å²) in [7, 11) is 0. The van der Waals surface area contributed by atoms with E-state index in [2.05, 4.69) is 58.6 Å². The SMILES string of the molecule is Cc1cc(C)cc(C(=O)N(NC(=O)c2ccc(Br)c(O)c2C)C(C)(C)C)c1.Cc1cc(C)cc(C(=O)N(NC(=O)c2ccc(Br)c(OCC#N)c2C)C(C)(C)C)c1.N#CCBr. The van der Waals surface area contributed by atoms with Gasteiger partial charge < -0.3 is 9.84 Å². The number of amides is 4. The van der Waals surface area contributed by atoms with Crippen LogP contribution in [0.5, 0.6) is 11.5 Å². The molecular formula is C46H53Br3N6O6. The minimum absolute atomic E-state index is 0.00518. The lowest BCUT2D eigenvalue weighted by atomic mass is 10.0. The Morgan fingerprint density at radius 3 is 1.34 bits per heavy atom. The first-order chi connectivity index (χ1) is 28.3. The molecule has 0 heterocycles. The summed E-state index contributed by atoms with van der Waals surface area (Å²) in [5, 5.41) is 29.6. The van der Waals surface area contributed by atoms with Gasteiger partial charge in [0.05, 0.1) is 31.4 Å². The number of nitrogens with one attached hydrogen (secondary N) is 2. The fourth-order valence-electron chi connectivity index (χ4n) is 5.92. The lowest BCUT2D eigenvalue weighted by Gasteiger charge is -2.35. The third-order valence-electron chi connectivity index (χ3n) is 8.68. The largest absolute Gasteiger partial charge is 0.506 e. The average Bonchev–Trinajstić information content (AvgIpc) is 3.16. The Kier molecular flexibility index (Phi) is 19.2. The molecule has 4 aromatic carbocycles. The second kappa shape index (κ2) is 22.6. The number of benzene rings is 4. The number of halogens is 3. The van der Waals surface area contributed by atoms with Crippen molar-refractivity contribution in [2.75, 3.05) is 11.9 Å². The topological polar surface area (TPSA) is 176 Å². The van der Waals surface area contributed by atoms with Crippen LogP contribution in [0, 0.1) is 64.2 Å². The maximum Gasteiger partial charge on any atom is 0.272 e. The number of nitriles is 2. The van der Waals surface area contributed by atoms with E-state index in [0.29, 0.717) is 53.4 Å². The number of aryl methyl sites for hydroxylation is 4. The van der Waals surface area contributed by atoms with Gasteiger partial charge in [-0.15, -0.1) is 0 Å². The number of phenolic OH excluding ortho intramolecular Hbond substituents is 1. The minimum Gasteiger partial charge on any atom is -0.506 e.